The van der Waals surface area contributed by atoms with E-state index in [9.17, 15) is 13.2 Å². The van der Waals surface area contributed by atoms with E-state index in [4.69, 9.17) is 0 Å². The van der Waals surface area contributed by atoms with E-state index in [2.05, 4.69) is 4.72 Å². The van der Waals surface area contributed by atoms with Crippen LogP contribution in [-0.2, 0) is 10.0 Å². The number of anilines is 2. The molecular formula is C18H20N2O3S. The van der Waals surface area contributed by atoms with Crippen molar-refractivity contribution in [1.82, 2.24) is 0 Å². The van der Waals surface area contributed by atoms with Crippen LogP contribution in [0.15, 0.2) is 54.6 Å². The summed E-state index contributed by atoms with van der Waals surface area (Å²) in [6.07, 6.45) is 4.28. The normalized spacial score (nSPS) is 11.5. The van der Waals surface area contributed by atoms with Crippen LogP contribution in [0.2, 0.25) is 0 Å². The number of allylic oxidation sites excluding steroid dienone is 1. The molecule has 1 N–H and O–H groups in total. The van der Waals surface area contributed by atoms with Crippen molar-refractivity contribution in [3.05, 3.63) is 65.7 Å². The molecule has 0 atom stereocenters. The number of rotatable bonds is 6. The molecule has 0 aliphatic rings. The number of sulfonamides is 1. The minimum absolute atomic E-state index is 0.191. The Hall–Kier alpha value is -2.60. The third kappa shape index (κ3) is 5.24. The zero-order chi connectivity index (χ0) is 17.7. The van der Waals surface area contributed by atoms with Crippen molar-refractivity contribution in [2.45, 2.75) is 0 Å². The van der Waals surface area contributed by atoms with E-state index in [1.54, 1.807) is 24.3 Å². The van der Waals surface area contributed by atoms with Crippen LogP contribution >= 0.6 is 0 Å². The lowest BCUT2D eigenvalue weighted by Crippen LogP contribution is -2.10. The molecule has 0 radical (unpaired) electrons. The second-order valence-electron chi connectivity index (χ2n) is 5.64. The quantitative estimate of drug-likeness (QED) is 0.646. The molecule has 0 saturated carbocycles. The second kappa shape index (κ2) is 7.31. The lowest BCUT2D eigenvalue weighted by atomic mass is 10.1. The van der Waals surface area contributed by atoms with Gasteiger partial charge < -0.3 is 4.90 Å². The molecule has 0 heterocycles. The van der Waals surface area contributed by atoms with Gasteiger partial charge in [0.25, 0.3) is 0 Å². The first-order chi connectivity index (χ1) is 11.2. The maximum atomic E-state index is 12.2. The Labute approximate surface area is 142 Å². The van der Waals surface area contributed by atoms with Crippen molar-refractivity contribution in [3.8, 4) is 0 Å². The number of carbonyl (C=O) groups excluding carboxylic acids is 1. The summed E-state index contributed by atoms with van der Waals surface area (Å²) < 4.78 is 24.9. The molecule has 0 amide bonds. The molecule has 0 spiro atoms. The van der Waals surface area contributed by atoms with E-state index in [1.807, 2.05) is 43.3 Å². The highest BCUT2D eigenvalue weighted by Gasteiger charge is 2.06. The van der Waals surface area contributed by atoms with Gasteiger partial charge in [0.1, 0.15) is 0 Å². The summed E-state index contributed by atoms with van der Waals surface area (Å²) in [7, 11) is 0.559. The highest BCUT2D eigenvalue weighted by molar-refractivity contribution is 7.92. The third-order valence-corrected chi connectivity index (χ3v) is 3.89. The number of nitrogens with one attached hydrogen (secondary N) is 1. The molecule has 0 bridgehead atoms. The van der Waals surface area contributed by atoms with Crippen LogP contribution in [0, 0.1) is 0 Å². The van der Waals surface area contributed by atoms with Gasteiger partial charge in [-0.05, 0) is 35.9 Å². The van der Waals surface area contributed by atoms with Gasteiger partial charge >= 0.3 is 0 Å². The fourth-order valence-electron chi connectivity index (χ4n) is 2.10. The lowest BCUT2D eigenvalue weighted by molar-refractivity contribution is 0.104. The van der Waals surface area contributed by atoms with Crippen LogP contribution in [0.4, 0.5) is 11.4 Å². The molecule has 0 unspecified atom stereocenters. The Morgan fingerprint density at radius 2 is 1.75 bits per heavy atom. The van der Waals surface area contributed by atoms with Gasteiger partial charge in [-0.1, -0.05) is 30.3 Å². The van der Waals surface area contributed by atoms with Gasteiger partial charge in [0.05, 0.1) is 6.26 Å². The monoisotopic (exact) mass is 344 g/mol. The fourth-order valence-corrected chi connectivity index (χ4v) is 2.66. The zero-order valence-electron chi connectivity index (χ0n) is 13.9. The molecule has 0 aliphatic carbocycles. The van der Waals surface area contributed by atoms with Crippen molar-refractivity contribution in [2.24, 2.45) is 0 Å². The number of ketones is 1. The average Bonchev–Trinajstić information content (AvgIpc) is 2.51. The van der Waals surface area contributed by atoms with Gasteiger partial charge in [0, 0.05) is 31.0 Å². The smallest absolute Gasteiger partial charge is 0.229 e. The van der Waals surface area contributed by atoms with Gasteiger partial charge in [-0.25, -0.2) is 8.42 Å². The number of hydrogen-bond acceptors (Lipinski definition) is 4. The van der Waals surface area contributed by atoms with Crippen molar-refractivity contribution in [2.75, 3.05) is 30.0 Å². The molecule has 126 valence electrons. The molecule has 0 aliphatic heterocycles. The maximum Gasteiger partial charge on any atom is 0.229 e. The van der Waals surface area contributed by atoms with E-state index < -0.39 is 10.0 Å². The Morgan fingerprint density at radius 3 is 2.33 bits per heavy atom. The first-order valence-electron chi connectivity index (χ1n) is 7.32. The highest BCUT2D eigenvalue weighted by atomic mass is 32.2. The first-order valence-corrected chi connectivity index (χ1v) is 9.21. The van der Waals surface area contributed by atoms with Gasteiger partial charge in [0.15, 0.2) is 5.78 Å². The fraction of sp³-hybridized carbons (Fsp3) is 0.167. The number of benzene rings is 2. The van der Waals surface area contributed by atoms with Crippen molar-refractivity contribution in [1.29, 1.82) is 0 Å². The average molecular weight is 344 g/mol. The number of nitrogens with zero attached hydrogens (tertiary/aromatic N) is 1. The summed E-state index contributed by atoms with van der Waals surface area (Å²) in [5.41, 5.74) is 2.79. The molecule has 6 heteroatoms. The molecule has 0 saturated heterocycles. The van der Waals surface area contributed by atoms with E-state index >= 15 is 0 Å². The molecule has 0 aromatic heterocycles. The minimum Gasteiger partial charge on any atom is -0.378 e. The molecule has 5 nitrogen and oxygen atoms in total. The minimum atomic E-state index is -3.37. The van der Waals surface area contributed by atoms with Crippen molar-refractivity contribution < 1.29 is 13.2 Å². The highest BCUT2D eigenvalue weighted by Crippen LogP contribution is 2.15. The topological polar surface area (TPSA) is 66.5 Å². The number of carbonyl (C=O) groups is 1. The van der Waals surface area contributed by atoms with Crippen molar-refractivity contribution >= 4 is 33.3 Å². The predicted molar refractivity (Wildman–Crippen MR) is 99.0 cm³/mol. The molecule has 0 fully saturated rings. The van der Waals surface area contributed by atoms with E-state index in [0.717, 1.165) is 17.5 Å². The maximum absolute atomic E-state index is 12.2. The van der Waals surface area contributed by atoms with Gasteiger partial charge in [0.2, 0.25) is 10.0 Å². The van der Waals surface area contributed by atoms with Crippen LogP contribution in [0.5, 0.6) is 0 Å². The summed E-state index contributed by atoms with van der Waals surface area (Å²) in [5.74, 6) is -0.191. The molecule has 2 rings (SSSR count). The number of hydrogen-bond donors (Lipinski definition) is 1. The third-order valence-electron chi connectivity index (χ3n) is 3.29. The Morgan fingerprint density at radius 1 is 1.08 bits per heavy atom. The van der Waals surface area contributed by atoms with E-state index in [-0.39, 0.29) is 5.78 Å². The Balaban J connectivity index is 2.13. The summed E-state index contributed by atoms with van der Waals surface area (Å²) >= 11 is 0. The van der Waals surface area contributed by atoms with Crippen molar-refractivity contribution in [3.63, 3.8) is 0 Å². The summed E-state index contributed by atoms with van der Waals surface area (Å²) in [4.78, 5) is 14.2. The zero-order valence-corrected chi connectivity index (χ0v) is 14.7. The van der Waals surface area contributed by atoms with Crippen LogP contribution < -0.4 is 9.62 Å². The van der Waals surface area contributed by atoms with Gasteiger partial charge in [-0.15, -0.1) is 0 Å². The van der Waals surface area contributed by atoms with Gasteiger partial charge in [-0.3, -0.25) is 9.52 Å². The van der Waals surface area contributed by atoms with Gasteiger partial charge in [-0.2, -0.15) is 0 Å². The molecule has 24 heavy (non-hydrogen) atoms. The van der Waals surface area contributed by atoms with Crippen LogP contribution in [0.1, 0.15) is 15.9 Å². The lowest BCUT2D eigenvalue weighted by Gasteiger charge is -2.11. The molecule has 2 aromatic carbocycles. The van der Waals surface area contributed by atoms with E-state index in [0.29, 0.717) is 11.3 Å². The van der Waals surface area contributed by atoms with E-state index in [1.165, 1.54) is 12.1 Å². The predicted octanol–water partition coefficient (Wildman–Crippen LogP) is 3.02. The summed E-state index contributed by atoms with van der Waals surface area (Å²) in [6.45, 7) is 0. The molecular weight excluding hydrogens is 324 g/mol. The molecule has 2 aromatic rings. The second-order valence-corrected chi connectivity index (χ2v) is 7.39. The van der Waals surface area contributed by atoms with Crippen LogP contribution in [0.25, 0.3) is 6.08 Å². The Kier molecular flexibility index (Phi) is 5.41. The van der Waals surface area contributed by atoms with Crippen LogP contribution in [-0.4, -0.2) is 34.6 Å². The summed E-state index contributed by atoms with van der Waals surface area (Å²) in [5, 5.41) is 0. The standard InChI is InChI=1S/C18H20N2O3S/c1-20(2)17-10-7-14(8-11-17)9-12-18(21)15-5-4-6-16(13-15)19-24(3,22)23/h4-13,19H,1-3H3/b12-9+. The first kappa shape index (κ1) is 17.7. The SMILES string of the molecule is CN(C)c1ccc(/C=C/C(=O)c2cccc(NS(C)(=O)=O)c2)cc1. The van der Waals surface area contributed by atoms with Crippen LogP contribution in [0.3, 0.4) is 0 Å². The summed E-state index contributed by atoms with van der Waals surface area (Å²) in [6, 6.07) is 14.2. The largest absolute Gasteiger partial charge is 0.378 e. The Bertz CT molecular complexity index is 854.